The van der Waals surface area contributed by atoms with Gasteiger partial charge in [0.2, 0.25) is 0 Å². The van der Waals surface area contributed by atoms with E-state index in [1.165, 1.54) is 35.2 Å². The first-order chi connectivity index (χ1) is 29.7. The van der Waals surface area contributed by atoms with Crippen LogP contribution in [-0.2, 0) is 27.7 Å². The van der Waals surface area contributed by atoms with E-state index in [1.807, 2.05) is 65.4 Å². The third-order valence-electron chi connectivity index (χ3n) is 11.3. The van der Waals surface area contributed by atoms with Gasteiger partial charge in [-0.3, -0.25) is 14.8 Å². The zero-order valence-corrected chi connectivity index (χ0v) is 35.3. The van der Waals surface area contributed by atoms with Gasteiger partial charge < -0.3 is 19.5 Å². The van der Waals surface area contributed by atoms with E-state index in [9.17, 15) is 18.5 Å². The summed E-state index contributed by atoms with van der Waals surface area (Å²) in [6, 6.07) is 38.2. The lowest BCUT2D eigenvalue weighted by Gasteiger charge is -2.42. The van der Waals surface area contributed by atoms with E-state index in [-0.39, 0.29) is 33.7 Å². The van der Waals surface area contributed by atoms with Gasteiger partial charge >= 0.3 is 0 Å². The highest BCUT2D eigenvalue weighted by molar-refractivity contribution is 7.99. The molecule has 13 nitrogen and oxygen atoms in total. The Morgan fingerprint density at radius 1 is 0.918 bits per heavy atom. The Morgan fingerprint density at radius 2 is 1.67 bits per heavy atom. The van der Waals surface area contributed by atoms with Crippen molar-refractivity contribution in [2.75, 3.05) is 40.9 Å². The number of anilines is 3. The molecule has 2 aromatic heterocycles. The minimum atomic E-state index is -4.30. The predicted molar refractivity (Wildman–Crippen MR) is 242 cm³/mol. The minimum absolute atomic E-state index is 0.0769. The Balaban J connectivity index is 0.960. The Kier molecular flexibility index (Phi) is 12.6. The largest absolute Gasteiger partial charge is 0.378 e. The molecule has 0 amide bonds. The molecular weight excluding hydrogens is 809 g/mol. The van der Waals surface area contributed by atoms with Crippen molar-refractivity contribution in [3.63, 3.8) is 0 Å². The van der Waals surface area contributed by atoms with E-state index in [4.69, 9.17) is 4.74 Å². The van der Waals surface area contributed by atoms with Crippen LogP contribution in [0, 0.1) is 10.1 Å². The van der Waals surface area contributed by atoms with E-state index < -0.39 is 14.9 Å². The summed E-state index contributed by atoms with van der Waals surface area (Å²) < 4.78 is 38.5. The summed E-state index contributed by atoms with van der Waals surface area (Å²) in [5.74, 6) is 0.698. The second-order valence-electron chi connectivity index (χ2n) is 15.1. The maximum Gasteiger partial charge on any atom is 0.293 e. The average Bonchev–Trinajstić information content (AvgIpc) is 3.82. The lowest BCUT2D eigenvalue weighted by Crippen LogP contribution is -2.47. The van der Waals surface area contributed by atoms with Gasteiger partial charge in [0.1, 0.15) is 12.0 Å². The molecule has 0 bridgehead atoms. The molecule has 0 aliphatic carbocycles. The van der Waals surface area contributed by atoms with Crippen LogP contribution >= 0.6 is 11.8 Å². The number of hydrogen-bond acceptors (Lipinski definition) is 11. The molecule has 0 spiro atoms. The van der Waals surface area contributed by atoms with Crippen molar-refractivity contribution in [2.24, 2.45) is 0 Å². The fraction of sp³-hybridized carbons (Fsp3) is 0.239. The molecule has 2 N–H and O–H groups in total. The molecule has 5 aromatic carbocycles. The van der Waals surface area contributed by atoms with Gasteiger partial charge in [0.15, 0.2) is 5.82 Å². The van der Waals surface area contributed by atoms with E-state index in [0.29, 0.717) is 29.6 Å². The topological polar surface area (TPSA) is 157 Å². The molecule has 1 atom stereocenters. The van der Waals surface area contributed by atoms with Gasteiger partial charge in [0.25, 0.3) is 15.7 Å². The van der Waals surface area contributed by atoms with Crippen LogP contribution in [0.5, 0.6) is 0 Å². The fourth-order valence-corrected chi connectivity index (χ4v) is 9.90. The average molecular weight is 855 g/mol. The molecule has 0 unspecified atom stereocenters. The third-order valence-corrected chi connectivity index (χ3v) is 13.8. The summed E-state index contributed by atoms with van der Waals surface area (Å²) in [6.45, 7) is 2.17. The smallest absolute Gasteiger partial charge is 0.293 e. The number of nitro benzene ring substituents is 1. The molecule has 7 aromatic rings. The number of nitro groups is 1. The van der Waals surface area contributed by atoms with E-state index in [0.717, 1.165) is 49.0 Å². The molecule has 0 radical (unpaired) electrons. The molecule has 8 rings (SSSR count). The van der Waals surface area contributed by atoms with Crippen LogP contribution in [0.15, 0.2) is 156 Å². The molecule has 3 heterocycles. The molecule has 1 fully saturated rings. The van der Waals surface area contributed by atoms with Crippen molar-refractivity contribution in [3.8, 4) is 11.1 Å². The van der Waals surface area contributed by atoms with E-state index >= 15 is 0 Å². The number of aryl methyl sites for hydroxylation is 1. The quantitative estimate of drug-likeness (QED) is 0.0512. The SMILES string of the molecule is COC1(Cc2ccccc2-c2ccccc2)CCN(c2ccc3c(NS(=O)(=O)c4ccc(N[C@H](CCn5ccnc5)CSc5ccccc5)c([N+](=O)[O-])c4)ncnc3c2)CC1. The molecule has 1 saturated heterocycles. The van der Waals surface area contributed by atoms with Gasteiger partial charge in [-0.05, 0) is 78.4 Å². The number of sulfonamides is 1. The van der Waals surface area contributed by atoms with Crippen LogP contribution in [0.1, 0.15) is 24.8 Å². The zero-order valence-electron chi connectivity index (χ0n) is 33.6. The van der Waals surface area contributed by atoms with Crippen molar-refractivity contribution in [1.82, 2.24) is 19.5 Å². The Hall–Kier alpha value is -6.29. The van der Waals surface area contributed by atoms with Crippen molar-refractivity contribution >= 4 is 55.6 Å². The zero-order chi connectivity index (χ0) is 42.2. The summed E-state index contributed by atoms with van der Waals surface area (Å²) in [6.07, 6.45) is 9.69. The number of piperidine rings is 1. The number of ether oxygens (including phenoxy) is 1. The van der Waals surface area contributed by atoms with E-state index in [2.05, 4.69) is 78.4 Å². The maximum atomic E-state index is 13.8. The number of imidazole rings is 1. The summed E-state index contributed by atoms with van der Waals surface area (Å²) in [7, 11) is -2.50. The lowest BCUT2D eigenvalue weighted by atomic mass is 9.82. The Morgan fingerprint density at radius 3 is 2.41 bits per heavy atom. The second kappa shape index (κ2) is 18.5. The van der Waals surface area contributed by atoms with Crippen LogP contribution in [0.25, 0.3) is 22.0 Å². The van der Waals surface area contributed by atoms with Crippen molar-refractivity contribution < 1.29 is 18.1 Å². The summed E-state index contributed by atoms with van der Waals surface area (Å²) >= 11 is 1.64. The Labute approximate surface area is 359 Å². The van der Waals surface area contributed by atoms with Gasteiger partial charge in [-0.2, -0.15) is 0 Å². The first kappa shape index (κ1) is 41.4. The summed E-state index contributed by atoms with van der Waals surface area (Å²) in [5, 5.41) is 16.2. The molecule has 312 valence electrons. The molecule has 1 aliphatic heterocycles. The number of thioether (sulfide) groups is 1. The highest BCUT2D eigenvalue weighted by atomic mass is 32.2. The van der Waals surface area contributed by atoms with Crippen LogP contribution in [-0.4, -0.2) is 70.5 Å². The standard InChI is InChI=1S/C46H46N8O5S2/c1-59-46(30-35-12-8-9-15-40(35)34-10-4-2-5-11-34)21-25-53(26-22-46)37-16-18-41-43(28-37)48-32-49-45(41)51-61(57,58)39-17-19-42(44(29-39)54(55)56)50-36(20-24-52-27-23-47-33-52)31-60-38-13-6-3-7-14-38/h2-19,23,27-29,32-33,36,50H,20-22,24-26,30-31H2,1H3,(H,48,49,51)/t36-/m1/s1. The molecule has 1 aliphatic rings. The highest BCUT2D eigenvalue weighted by Crippen LogP contribution is 2.37. The van der Waals surface area contributed by atoms with Gasteiger partial charge in [0, 0.05) is 79.4 Å². The first-order valence-electron chi connectivity index (χ1n) is 20.1. The van der Waals surface area contributed by atoms with E-state index in [1.54, 1.807) is 31.4 Å². The van der Waals surface area contributed by atoms with Crippen LogP contribution < -0.4 is 14.9 Å². The predicted octanol–water partition coefficient (Wildman–Crippen LogP) is 9.09. The number of rotatable bonds is 17. The normalized spacial score (nSPS) is 14.4. The number of methoxy groups -OCH3 is 1. The fourth-order valence-electron chi connectivity index (χ4n) is 7.86. The van der Waals surface area contributed by atoms with Gasteiger partial charge in [-0.1, -0.05) is 72.8 Å². The van der Waals surface area contributed by atoms with Crippen molar-refractivity contribution in [2.45, 2.75) is 53.7 Å². The number of aromatic nitrogens is 4. The monoisotopic (exact) mass is 854 g/mol. The lowest BCUT2D eigenvalue weighted by molar-refractivity contribution is -0.384. The second-order valence-corrected chi connectivity index (χ2v) is 17.9. The van der Waals surface area contributed by atoms with Crippen LogP contribution in [0.4, 0.5) is 22.9 Å². The number of hydrogen-bond donors (Lipinski definition) is 2. The van der Waals surface area contributed by atoms with Crippen LogP contribution in [0.3, 0.4) is 0 Å². The van der Waals surface area contributed by atoms with Gasteiger partial charge in [-0.25, -0.2) is 23.4 Å². The summed E-state index contributed by atoms with van der Waals surface area (Å²) in [4.78, 5) is 27.8. The van der Waals surface area contributed by atoms with Gasteiger partial charge in [0.05, 0.1) is 27.3 Å². The highest BCUT2D eigenvalue weighted by Gasteiger charge is 2.36. The first-order valence-corrected chi connectivity index (χ1v) is 22.6. The molecule has 15 heteroatoms. The minimum Gasteiger partial charge on any atom is -0.378 e. The molecule has 0 saturated carbocycles. The van der Waals surface area contributed by atoms with Crippen molar-refractivity contribution in [3.05, 3.63) is 162 Å². The Bertz CT molecular complexity index is 2700. The summed E-state index contributed by atoms with van der Waals surface area (Å²) in [5.41, 5.74) is 4.73. The van der Waals surface area contributed by atoms with Gasteiger partial charge in [-0.15, -0.1) is 11.8 Å². The molecule has 61 heavy (non-hydrogen) atoms. The third kappa shape index (κ3) is 9.86. The van der Waals surface area contributed by atoms with Crippen molar-refractivity contribution in [1.29, 1.82) is 0 Å². The number of fused-ring (bicyclic) bond motifs is 1. The number of nitrogens with zero attached hydrogens (tertiary/aromatic N) is 6. The molecular formula is C46H46N8O5S2. The van der Waals surface area contributed by atoms with Crippen LogP contribution in [0.2, 0.25) is 0 Å². The number of benzene rings is 5. The number of nitrogens with one attached hydrogen (secondary N) is 2. The maximum absolute atomic E-state index is 13.8.